The first-order valence-corrected chi connectivity index (χ1v) is 9.57. The van der Waals surface area contributed by atoms with Crippen LogP contribution < -0.4 is 5.32 Å². The van der Waals surface area contributed by atoms with Crippen molar-refractivity contribution in [2.75, 3.05) is 13.1 Å². The Kier molecular flexibility index (Phi) is 5.46. The van der Waals surface area contributed by atoms with E-state index >= 15 is 0 Å². The van der Waals surface area contributed by atoms with Crippen LogP contribution in [0.1, 0.15) is 32.3 Å². The minimum absolute atomic E-state index is 0.0595. The maximum absolute atomic E-state index is 13.0. The fourth-order valence-corrected chi connectivity index (χ4v) is 5.14. The summed E-state index contributed by atoms with van der Waals surface area (Å²) < 4.78 is 28.4. The highest BCUT2D eigenvalue weighted by Crippen LogP contribution is 2.26. The van der Waals surface area contributed by atoms with Crippen LogP contribution in [0.15, 0.2) is 27.6 Å². The number of rotatable bonds is 5. The van der Waals surface area contributed by atoms with Crippen LogP contribution in [0, 0.1) is 6.92 Å². The largest absolute Gasteiger partial charge is 0.313 e. The smallest absolute Gasteiger partial charge is 0.243 e. The summed E-state index contributed by atoms with van der Waals surface area (Å²) in [4.78, 5) is 0.392. The number of nitrogens with one attached hydrogen (secondary N) is 1. The molecule has 21 heavy (non-hydrogen) atoms. The lowest BCUT2D eigenvalue weighted by atomic mass is 10.2. The molecule has 1 N–H and O–H groups in total. The van der Waals surface area contributed by atoms with Crippen LogP contribution in [0.2, 0.25) is 0 Å². The molecule has 1 aliphatic heterocycles. The lowest BCUT2D eigenvalue weighted by Gasteiger charge is -2.29. The normalized spacial score (nSPS) is 19.6. The highest BCUT2D eigenvalue weighted by molar-refractivity contribution is 9.10. The van der Waals surface area contributed by atoms with Crippen LogP contribution in [0.3, 0.4) is 0 Å². The number of nitrogens with zero attached hydrogens (tertiary/aromatic N) is 1. The molecule has 118 valence electrons. The third kappa shape index (κ3) is 3.86. The lowest BCUT2D eigenvalue weighted by molar-refractivity contribution is 0.322. The molecule has 1 aromatic rings. The van der Waals surface area contributed by atoms with Crippen LogP contribution in [-0.4, -0.2) is 37.9 Å². The van der Waals surface area contributed by atoms with Gasteiger partial charge in [0.2, 0.25) is 10.0 Å². The second-order valence-electron chi connectivity index (χ2n) is 5.87. The van der Waals surface area contributed by atoms with Crippen LogP contribution in [-0.2, 0) is 10.0 Å². The maximum Gasteiger partial charge on any atom is 0.243 e. The Labute approximate surface area is 136 Å². The molecule has 0 amide bonds. The van der Waals surface area contributed by atoms with Crippen molar-refractivity contribution >= 4 is 26.0 Å². The molecule has 2 rings (SSSR count). The predicted octanol–water partition coefficient (Wildman–Crippen LogP) is 2.91. The summed E-state index contributed by atoms with van der Waals surface area (Å²) in [5.74, 6) is 0. The molecular formula is C15H23BrN2O2S. The molecule has 0 aliphatic carbocycles. The minimum Gasteiger partial charge on any atom is -0.313 e. The zero-order valence-corrected chi connectivity index (χ0v) is 15.2. The van der Waals surface area contributed by atoms with Gasteiger partial charge in [0.05, 0.1) is 4.90 Å². The maximum atomic E-state index is 13.0. The zero-order valence-electron chi connectivity index (χ0n) is 12.8. The van der Waals surface area contributed by atoms with Crippen LogP contribution in [0.25, 0.3) is 0 Å². The van der Waals surface area contributed by atoms with Gasteiger partial charge in [-0.15, -0.1) is 0 Å². The molecule has 0 aromatic heterocycles. The van der Waals surface area contributed by atoms with E-state index in [0.29, 0.717) is 11.4 Å². The van der Waals surface area contributed by atoms with Gasteiger partial charge < -0.3 is 5.32 Å². The summed E-state index contributed by atoms with van der Waals surface area (Å²) in [6.45, 7) is 7.21. The SMILES string of the molecule is Cc1ccc(Br)cc1S(=O)(=O)N(CC1CCCN1)C(C)C. The van der Waals surface area contributed by atoms with Gasteiger partial charge in [0.1, 0.15) is 0 Å². The fraction of sp³-hybridized carbons (Fsp3) is 0.600. The number of hydrogen-bond donors (Lipinski definition) is 1. The number of halogens is 1. The standard InChI is InChI=1S/C15H23BrN2O2S/c1-11(2)18(10-14-5-4-8-17-14)21(19,20)15-9-13(16)7-6-12(15)3/h6-7,9,11,14,17H,4-5,8,10H2,1-3H3. The third-order valence-electron chi connectivity index (χ3n) is 3.88. The van der Waals surface area contributed by atoms with Crippen molar-refractivity contribution in [3.8, 4) is 0 Å². The summed E-state index contributed by atoms with van der Waals surface area (Å²) in [7, 11) is -3.48. The second kappa shape index (κ2) is 6.77. The monoisotopic (exact) mass is 374 g/mol. The summed E-state index contributed by atoms with van der Waals surface area (Å²) in [6.07, 6.45) is 2.16. The van der Waals surface area contributed by atoms with Crippen LogP contribution in [0.5, 0.6) is 0 Å². The van der Waals surface area contributed by atoms with Crippen molar-refractivity contribution in [2.45, 2.75) is 50.6 Å². The predicted molar refractivity (Wildman–Crippen MR) is 88.9 cm³/mol. The average molecular weight is 375 g/mol. The molecule has 1 atom stereocenters. The van der Waals surface area contributed by atoms with Crippen molar-refractivity contribution in [1.82, 2.24) is 9.62 Å². The molecule has 1 aliphatic rings. The van der Waals surface area contributed by atoms with Crippen molar-refractivity contribution in [2.24, 2.45) is 0 Å². The summed E-state index contributed by atoms with van der Waals surface area (Å²) in [6, 6.07) is 5.60. The summed E-state index contributed by atoms with van der Waals surface area (Å²) in [5.41, 5.74) is 0.781. The second-order valence-corrected chi connectivity index (χ2v) is 8.65. The highest BCUT2D eigenvalue weighted by atomic mass is 79.9. The van der Waals surface area contributed by atoms with Gasteiger partial charge in [-0.2, -0.15) is 4.31 Å². The van der Waals surface area contributed by atoms with Gasteiger partial charge in [-0.3, -0.25) is 0 Å². The zero-order chi connectivity index (χ0) is 15.6. The van der Waals surface area contributed by atoms with Gasteiger partial charge in [-0.25, -0.2) is 8.42 Å². The van der Waals surface area contributed by atoms with Gasteiger partial charge in [-0.1, -0.05) is 22.0 Å². The van der Waals surface area contributed by atoms with Gasteiger partial charge in [0.15, 0.2) is 0 Å². The number of benzene rings is 1. The summed E-state index contributed by atoms with van der Waals surface area (Å²) in [5, 5.41) is 3.38. The Morgan fingerprint density at radius 1 is 1.43 bits per heavy atom. The van der Waals surface area contributed by atoms with Crippen molar-refractivity contribution in [1.29, 1.82) is 0 Å². The summed E-state index contributed by atoms with van der Waals surface area (Å²) >= 11 is 3.37. The van der Waals surface area contributed by atoms with Crippen molar-refractivity contribution in [3.63, 3.8) is 0 Å². The van der Waals surface area contributed by atoms with Gasteiger partial charge in [0.25, 0.3) is 0 Å². The lowest BCUT2D eigenvalue weighted by Crippen LogP contribution is -2.44. The van der Waals surface area contributed by atoms with E-state index in [4.69, 9.17) is 0 Å². The van der Waals surface area contributed by atoms with Crippen LogP contribution in [0.4, 0.5) is 0 Å². The van der Waals surface area contributed by atoms with E-state index in [2.05, 4.69) is 21.2 Å². The average Bonchev–Trinajstić information content (AvgIpc) is 2.91. The van der Waals surface area contributed by atoms with E-state index in [1.54, 1.807) is 10.4 Å². The molecule has 1 fully saturated rings. The van der Waals surface area contributed by atoms with Gasteiger partial charge in [0, 0.05) is 23.1 Å². The van der Waals surface area contributed by atoms with Crippen molar-refractivity contribution in [3.05, 3.63) is 28.2 Å². The van der Waals surface area contributed by atoms with E-state index in [9.17, 15) is 8.42 Å². The Bertz CT molecular complexity index is 596. The fourth-order valence-electron chi connectivity index (χ4n) is 2.69. The van der Waals surface area contributed by atoms with Crippen LogP contribution >= 0.6 is 15.9 Å². The van der Waals surface area contributed by atoms with Gasteiger partial charge >= 0.3 is 0 Å². The molecule has 1 heterocycles. The Hall–Kier alpha value is -0.430. The number of sulfonamides is 1. The molecule has 1 unspecified atom stereocenters. The molecule has 0 radical (unpaired) electrons. The molecule has 4 nitrogen and oxygen atoms in total. The Morgan fingerprint density at radius 3 is 2.71 bits per heavy atom. The quantitative estimate of drug-likeness (QED) is 0.861. The Balaban J connectivity index is 2.34. The minimum atomic E-state index is -3.48. The molecule has 1 aromatic carbocycles. The molecule has 0 spiro atoms. The first kappa shape index (κ1) is 16.9. The van der Waals surface area contributed by atoms with E-state index in [1.807, 2.05) is 32.9 Å². The third-order valence-corrected chi connectivity index (χ3v) is 6.55. The van der Waals surface area contributed by atoms with E-state index < -0.39 is 10.0 Å². The van der Waals surface area contributed by atoms with E-state index in [1.165, 1.54) is 0 Å². The molecular weight excluding hydrogens is 352 g/mol. The highest BCUT2D eigenvalue weighted by Gasteiger charge is 2.31. The van der Waals surface area contributed by atoms with E-state index in [0.717, 1.165) is 29.4 Å². The molecule has 6 heteroatoms. The molecule has 1 saturated heterocycles. The topological polar surface area (TPSA) is 49.4 Å². The number of hydrogen-bond acceptors (Lipinski definition) is 3. The van der Waals surface area contributed by atoms with E-state index in [-0.39, 0.29) is 12.1 Å². The number of aryl methyl sites for hydroxylation is 1. The van der Waals surface area contributed by atoms with Gasteiger partial charge in [-0.05, 0) is 57.9 Å². The molecule has 0 saturated carbocycles. The Morgan fingerprint density at radius 2 is 2.14 bits per heavy atom. The molecule has 0 bridgehead atoms. The first-order valence-electron chi connectivity index (χ1n) is 7.33. The first-order chi connectivity index (χ1) is 9.82. The van der Waals surface area contributed by atoms with Crippen molar-refractivity contribution < 1.29 is 8.42 Å².